The van der Waals surface area contributed by atoms with Crippen LogP contribution < -0.4 is 14.8 Å². The molecule has 0 saturated heterocycles. The Morgan fingerprint density at radius 2 is 2.13 bits per heavy atom. The molecule has 1 aliphatic heterocycles. The second-order valence-electron chi connectivity index (χ2n) is 6.36. The van der Waals surface area contributed by atoms with Crippen LogP contribution in [0.3, 0.4) is 0 Å². The van der Waals surface area contributed by atoms with Crippen molar-refractivity contribution < 1.29 is 9.47 Å². The fourth-order valence-electron chi connectivity index (χ4n) is 3.03. The maximum Gasteiger partial charge on any atom is 0.164 e. The van der Waals surface area contributed by atoms with Crippen molar-refractivity contribution in [2.75, 3.05) is 19.0 Å². The fourth-order valence-corrected chi connectivity index (χ4v) is 3.03. The first kappa shape index (κ1) is 14.3. The molecule has 1 saturated carbocycles. The van der Waals surface area contributed by atoms with Crippen molar-refractivity contribution in [3.8, 4) is 11.5 Å². The number of rotatable bonds is 5. The van der Waals surface area contributed by atoms with E-state index in [0.29, 0.717) is 18.6 Å². The largest absolute Gasteiger partial charge is 0.493 e. The summed E-state index contributed by atoms with van der Waals surface area (Å²) in [6.07, 6.45) is 4.35. The van der Waals surface area contributed by atoms with Gasteiger partial charge in [0.25, 0.3) is 0 Å². The molecular weight excluding hydrogens is 290 g/mol. The highest BCUT2D eigenvalue weighted by molar-refractivity contribution is 5.47. The molecule has 4 rings (SSSR count). The zero-order valence-electron chi connectivity index (χ0n) is 13.3. The molecule has 0 bridgehead atoms. The number of benzene rings is 1. The van der Waals surface area contributed by atoms with E-state index >= 15 is 0 Å². The van der Waals surface area contributed by atoms with Gasteiger partial charge in [0, 0.05) is 12.0 Å². The van der Waals surface area contributed by atoms with Crippen molar-refractivity contribution in [1.29, 1.82) is 0 Å². The molecule has 1 aromatic heterocycles. The maximum atomic E-state index is 5.93. The highest BCUT2D eigenvalue weighted by Crippen LogP contribution is 2.36. The van der Waals surface area contributed by atoms with Gasteiger partial charge in [-0.2, -0.15) is 5.10 Å². The summed E-state index contributed by atoms with van der Waals surface area (Å²) < 4.78 is 11.3. The summed E-state index contributed by atoms with van der Waals surface area (Å²) in [5, 5.41) is 12.0. The van der Waals surface area contributed by atoms with Crippen molar-refractivity contribution in [3.63, 3.8) is 0 Å². The highest BCUT2D eigenvalue weighted by atomic mass is 16.5. The third-order valence-electron chi connectivity index (χ3n) is 4.40. The zero-order valence-corrected chi connectivity index (χ0v) is 13.3. The predicted octanol–water partition coefficient (Wildman–Crippen LogP) is 2.85. The molecule has 0 amide bonds. The summed E-state index contributed by atoms with van der Waals surface area (Å²) in [5.74, 6) is 3.01. The van der Waals surface area contributed by atoms with E-state index in [0.717, 1.165) is 35.9 Å². The number of anilines is 1. The van der Waals surface area contributed by atoms with E-state index < -0.39 is 0 Å². The van der Waals surface area contributed by atoms with Crippen LogP contribution in [-0.4, -0.2) is 30.0 Å². The summed E-state index contributed by atoms with van der Waals surface area (Å²) in [5.41, 5.74) is 2.23. The Labute approximate surface area is 136 Å². The number of ether oxygens (including phenoxy) is 2. The molecule has 5 heteroatoms. The Balaban J connectivity index is 1.41. The van der Waals surface area contributed by atoms with Gasteiger partial charge in [-0.15, -0.1) is 5.10 Å². The Morgan fingerprint density at radius 3 is 2.87 bits per heavy atom. The number of hydrogen-bond acceptors (Lipinski definition) is 5. The summed E-state index contributed by atoms with van der Waals surface area (Å²) in [7, 11) is 1.68. The van der Waals surface area contributed by atoms with Gasteiger partial charge in [0.15, 0.2) is 11.5 Å². The van der Waals surface area contributed by atoms with Gasteiger partial charge in [-0.25, -0.2) is 0 Å². The molecule has 0 spiro atoms. The summed E-state index contributed by atoms with van der Waals surface area (Å²) in [6.45, 7) is 0.692. The van der Waals surface area contributed by atoms with E-state index in [4.69, 9.17) is 9.47 Å². The average molecular weight is 311 g/mol. The third-order valence-corrected chi connectivity index (χ3v) is 4.40. The quantitative estimate of drug-likeness (QED) is 0.920. The molecule has 120 valence electrons. The lowest BCUT2D eigenvalue weighted by molar-refractivity contribution is 0.210. The molecule has 1 fully saturated rings. The number of nitrogens with zero attached hydrogens (tertiary/aromatic N) is 2. The minimum absolute atomic E-state index is 0.422. The molecular formula is C18H21N3O2. The average Bonchev–Trinajstić information content (AvgIpc) is 3.40. The number of methoxy groups -OCH3 is 1. The van der Waals surface area contributed by atoms with Crippen LogP contribution in [0, 0.1) is 5.92 Å². The van der Waals surface area contributed by atoms with E-state index in [1.165, 1.54) is 18.4 Å². The topological polar surface area (TPSA) is 56.3 Å². The van der Waals surface area contributed by atoms with E-state index in [-0.39, 0.29) is 0 Å². The van der Waals surface area contributed by atoms with Crippen LogP contribution in [-0.2, 0) is 12.8 Å². The maximum absolute atomic E-state index is 5.93. The first-order valence-corrected chi connectivity index (χ1v) is 8.19. The van der Waals surface area contributed by atoms with Gasteiger partial charge in [-0.3, -0.25) is 0 Å². The van der Waals surface area contributed by atoms with Crippen LogP contribution in [0.5, 0.6) is 11.5 Å². The van der Waals surface area contributed by atoms with Crippen molar-refractivity contribution in [3.05, 3.63) is 41.6 Å². The Kier molecular flexibility index (Phi) is 3.77. The first-order chi connectivity index (χ1) is 11.3. The minimum Gasteiger partial charge on any atom is -0.493 e. The first-order valence-electron chi connectivity index (χ1n) is 8.19. The normalized spacial score (nSPS) is 19.6. The van der Waals surface area contributed by atoms with Crippen molar-refractivity contribution in [1.82, 2.24) is 10.2 Å². The van der Waals surface area contributed by atoms with Crippen LogP contribution in [0.25, 0.3) is 0 Å². The Bertz CT molecular complexity index is 683. The molecule has 1 N–H and O–H groups in total. The lowest BCUT2D eigenvalue weighted by atomic mass is 9.92. The molecule has 5 nitrogen and oxygen atoms in total. The highest BCUT2D eigenvalue weighted by Gasteiger charge is 2.24. The molecule has 1 atom stereocenters. The van der Waals surface area contributed by atoms with Crippen LogP contribution in [0.15, 0.2) is 30.3 Å². The van der Waals surface area contributed by atoms with Gasteiger partial charge in [-0.05, 0) is 49.4 Å². The number of fused-ring (bicyclic) bond motifs is 1. The van der Waals surface area contributed by atoms with Gasteiger partial charge >= 0.3 is 0 Å². The van der Waals surface area contributed by atoms with Crippen LogP contribution in [0.4, 0.5) is 5.82 Å². The second kappa shape index (κ2) is 6.07. The fraction of sp³-hybridized carbons (Fsp3) is 0.444. The van der Waals surface area contributed by atoms with Gasteiger partial charge in [0.2, 0.25) is 0 Å². The number of aromatic nitrogens is 2. The van der Waals surface area contributed by atoms with Crippen LogP contribution in [0.2, 0.25) is 0 Å². The number of hydrogen-bond donors (Lipinski definition) is 1. The van der Waals surface area contributed by atoms with Gasteiger partial charge in [-0.1, -0.05) is 12.1 Å². The van der Waals surface area contributed by atoms with E-state index in [1.54, 1.807) is 7.11 Å². The van der Waals surface area contributed by atoms with Crippen LogP contribution >= 0.6 is 0 Å². The molecule has 0 radical (unpaired) electrons. The zero-order chi connectivity index (χ0) is 15.6. The Hall–Kier alpha value is -2.30. The van der Waals surface area contributed by atoms with E-state index in [9.17, 15) is 0 Å². The number of para-hydroxylation sites is 1. The lowest BCUT2D eigenvalue weighted by Crippen LogP contribution is -2.23. The van der Waals surface area contributed by atoms with E-state index in [2.05, 4.69) is 27.6 Å². The minimum atomic E-state index is 0.422. The Morgan fingerprint density at radius 1 is 1.22 bits per heavy atom. The predicted molar refractivity (Wildman–Crippen MR) is 88.1 cm³/mol. The summed E-state index contributed by atoms with van der Waals surface area (Å²) in [6, 6.07) is 10.8. The second-order valence-corrected chi connectivity index (χ2v) is 6.36. The monoisotopic (exact) mass is 311 g/mol. The standard InChI is InChI=1S/C18H21N3O2/c1-22-16-4-2-3-13-9-12(11-23-18(13)16)10-15-7-8-17(21-20-15)19-14-5-6-14/h2-4,7-8,12,14H,5-6,9-11H2,1H3,(H,19,21)/t12-/m0/s1. The molecule has 2 heterocycles. The summed E-state index contributed by atoms with van der Waals surface area (Å²) >= 11 is 0. The SMILES string of the molecule is COc1cccc2c1OC[C@H](Cc1ccc(NC3CC3)nn1)C2. The van der Waals surface area contributed by atoms with Crippen molar-refractivity contribution in [2.45, 2.75) is 31.7 Å². The third kappa shape index (κ3) is 3.23. The summed E-state index contributed by atoms with van der Waals surface area (Å²) in [4.78, 5) is 0. The molecule has 2 aromatic rings. The smallest absolute Gasteiger partial charge is 0.164 e. The molecule has 1 aromatic carbocycles. The lowest BCUT2D eigenvalue weighted by Gasteiger charge is -2.26. The molecule has 1 aliphatic carbocycles. The van der Waals surface area contributed by atoms with Crippen molar-refractivity contribution in [2.24, 2.45) is 5.92 Å². The van der Waals surface area contributed by atoms with E-state index in [1.807, 2.05) is 18.2 Å². The molecule has 2 aliphatic rings. The van der Waals surface area contributed by atoms with Gasteiger partial charge in [0.1, 0.15) is 5.82 Å². The molecule has 0 unspecified atom stereocenters. The molecule has 23 heavy (non-hydrogen) atoms. The van der Waals surface area contributed by atoms with Gasteiger partial charge < -0.3 is 14.8 Å². The van der Waals surface area contributed by atoms with Gasteiger partial charge in [0.05, 0.1) is 19.4 Å². The van der Waals surface area contributed by atoms with Crippen LogP contribution in [0.1, 0.15) is 24.1 Å². The van der Waals surface area contributed by atoms with Crippen molar-refractivity contribution >= 4 is 5.82 Å². The number of nitrogens with one attached hydrogen (secondary N) is 1.